The average molecular weight is 401 g/mol. The highest BCUT2D eigenvalue weighted by Gasteiger charge is 2.58. The Morgan fingerprint density at radius 3 is 2.48 bits per heavy atom. The lowest BCUT2D eigenvalue weighted by atomic mass is 9.49. The molecule has 4 rings (SSSR count). The van der Waals surface area contributed by atoms with Gasteiger partial charge in [0.25, 0.3) is 0 Å². The van der Waals surface area contributed by atoms with Gasteiger partial charge in [0, 0.05) is 5.41 Å². The van der Waals surface area contributed by atoms with Gasteiger partial charge in [0.1, 0.15) is 0 Å². The fourth-order valence-corrected chi connectivity index (χ4v) is 8.00. The van der Waals surface area contributed by atoms with Crippen LogP contribution in [0, 0.1) is 40.4 Å². The first-order valence-corrected chi connectivity index (χ1v) is 12.5. The van der Waals surface area contributed by atoms with Gasteiger partial charge in [-0.1, -0.05) is 57.9 Å². The Hall–Kier alpha value is -0.600. The minimum Gasteiger partial charge on any atom is -0.393 e. The van der Waals surface area contributed by atoms with Gasteiger partial charge in [0.2, 0.25) is 0 Å². The largest absolute Gasteiger partial charge is 0.393 e. The number of fused-ring (bicyclic) bond motifs is 5. The van der Waals surface area contributed by atoms with Gasteiger partial charge >= 0.3 is 0 Å². The Bertz CT molecular complexity index is 676. The van der Waals surface area contributed by atoms with Crippen LogP contribution in [0.5, 0.6) is 0 Å². The monoisotopic (exact) mass is 400 g/mol. The zero-order chi connectivity index (χ0) is 21.0. The molecule has 29 heavy (non-hydrogen) atoms. The molecule has 2 heteroatoms. The second-order valence-electron chi connectivity index (χ2n) is 11.7. The van der Waals surface area contributed by atoms with Crippen molar-refractivity contribution in [1.82, 2.24) is 0 Å². The van der Waals surface area contributed by atoms with Gasteiger partial charge in [0.15, 0.2) is 0 Å². The molecular weight excluding hydrogens is 356 g/mol. The lowest BCUT2D eigenvalue weighted by molar-refractivity contribution is -0.0251. The van der Waals surface area contributed by atoms with Crippen LogP contribution < -0.4 is 0 Å². The predicted octanol–water partition coefficient (Wildman–Crippen LogP) is 6.28. The highest BCUT2D eigenvalue weighted by atomic mass is 16.3. The lowest BCUT2D eigenvalue weighted by Crippen LogP contribution is -2.50. The fourth-order valence-electron chi connectivity index (χ4n) is 8.00. The van der Waals surface area contributed by atoms with E-state index in [2.05, 4.69) is 46.8 Å². The van der Waals surface area contributed by atoms with Crippen LogP contribution in [0.15, 0.2) is 23.3 Å². The van der Waals surface area contributed by atoms with Crippen LogP contribution in [0.25, 0.3) is 0 Å². The average Bonchev–Trinajstić information content (AvgIpc) is 3.04. The van der Waals surface area contributed by atoms with Crippen LogP contribution >= 0.6 is 0 Å². The molecule has 164 valence electrons. The molecule has 0 heterocycles. The van der Waals surface area contributed by atoms with Crippen LogP contribution in [-0.4, -0.2) is 22.4 Å². The molecule has 0 aromatic rings. The summed E-state index contributed by atoms with van der Waals surface area (Å²) in [7, 11) is 0. The van der Waals surface area contributed by atoms with Crippen LogP contribution in [0.2, 0.25) is 0 Å². The van der Waals surface area contributed by atoms with Crippen LogP contribution in [0.4, 0.5) is 0 Å². The maximum Gasteiger partial charge on any atom is 0.0636 e. The minimum atomic E-state index is -0.172. The SMILES string of the molecule is CC(C)[C@H](O)CC[C@@H](C)[C@H]1CC[C@H]2C3=CC=C4CCC[C@H](O)[C@]4(C)[C@H]3CC[C@]12C. The van der Waals surface area contributed by atoms with E-state index >= 15 is 0 Å². The van der Waals surface area contributed by atoms with Crippen molar-refractivity contribution in [3.8, 4) is 0 Å². The van der Waals surface area contributed by atoms with E-state index in [1.54, 1.807) is 5.57 Å². The number of allylic oxidation sites excluding steroid dienone is 3. The van der Waals surface area contributed by atoms with E-state index in [1.807, 2.05) is 0 Å². The zero-order valence-electron chi connectivity index (χ0n) is 19.5. The molecule has 2 nitrogen and oxygen atoms in total. The number of hydrogen-bond acceptors (Lipinski definition) is 2. The highest BCUT2D eigenvalue weighted by Crippen LogP contribution is 2.66. The van der Waals surface area contributed by atoms with Gasteiger partial charge in [-0.3, -0.25) is 0 Å². The summed E-state index contributed by atoms with van der Waals surface area (Å²) in [4.78, 5) is 0. The second-order valence-corrected chi connectivity index (χ2v) is 11.7. The van der Waals surface area contributed by atoms with Gasteiger partial charge in [-0.2, -0.15) is 0 Å². The lowest BCUT2D eigenvalue weighted by Gasteiger charge is -2.56. The van der Waals surface area contributed by atoms with Crippen molar-refractivity contribution in [3.05, 3.63) is 23.3 Å². The molecule has 0 radical (unpaired) electrons. The van der Waals surface area contributed by atoms with E-state index in [0.29, 0.717) is 29.1 Å². The first-order valence-electron chi connectivity index (χ1n) is 12.5. The Morgan fingerprint density at radius 2 is 1.76 bits per heavy atom. The summed E-state index contributed by atoms with van der Waals surface area (Å²) in [6.07, 6.45) is 15.1. The van der Waals surface area contributed by atoms with Crippen molar-refractivity contribution < 1.29 is 10.2 Å². The molecule has 3 saturated carbocycles. The van der Waals surface area contributed by atoms with Gasteiger partial charge < -0.3 is 10.2 Å². The van der Waals surface area contributed by atoms with Crippen molar-refractivity contribution in [2.45, 2.75) is 105 Å². The van der Waals surface area contributed by atoms with Crippen molar-refractivity contribution in [1.29, 1.82) is 0 Å². The van der Waals surface area contributed by atoms with Crippen molar-refractivity contribution in [3.63, 3.8) is 0 Å². The summed E-state index contributed by atoms with van der Waals surface area (Å²) >= 11 is 0. The first-order chi connectivity index (χ1) is 13.7. The minimum absolute atomic E-state index is 0.0191. The van der Waals surface area contributed by atoms with E-state index in [0.717, 1.165) is 31.6 Å². The first kappa shape index (κ1) is 21.6. The number of hydrogen-bond donors (Lipinski definition) is 2. The zero-order valence-corrected chi connectivity index (χ0v) is 19.5. The molecule has 0 amide bonds. The Labute approximate surface area is 178 Å². The van der Waals surface area contributed by atoms with Crippen LogP contribution in [-0.2, 0) is 0 Å². The molecule has 0 aromatic heterocycles. The summed E-state index contributed by atoms with van der Waals surface area (Å²) in [6.45, 7) is 11.6. The van der Waals surface area contributed by atoms with Crippen LogP contribution in [0.3, 0.4) is 0 Å². The van der Waals surface area contributed by atoms with Gasteiger partial charge in [0.05, 0.1) is 12.2 Å². The Morgan fingerprint density at radius 1 is 1.00 bits per heavy atom. The highest BCUT2D eigenvalue weighted by molar-refractivity contribution is 5.39. The van der Waals surface area contributed by atoms with E-state index in [-0.39, 0.29) is 17.6 Å². The molecule has 0 spiro atoms. The molecule has 0 saturated heterocycles. The van der Waals surface area contributed by atoms with Gasteiger partial charge in [-0.15, -0.1) is 0 Å². The fraction of sp³-hybridized carbons (Fsp3) is 0.852. The summed E-state index contributed by atoms with van der Waals surface area (Å²) in [5.74, 6) is 3.05. The Balaban J connectivity index is 1.54. The normalized spacial score (nSPS) is 43.7. The molecule has 4 aliphatic carbocycles. The predicted molar refractivity (Wildman–Crippen MR) is 120 cm³/mol. The van der Waals surface area contributed by atoms with Crippen molar-refractivity contribution in [2.75, 3.05) is 0 Å². The smallest absolute Gasteiger partial charge is 0.0636 e. The molecule has 8 atom stereocenters. The van der Waals surface area contributed by atoms with Crippen molar-refractivity contribution in [2.24, 2.45) is 40.4 Å². The van der Waals surface area contributed by atoms with Gasteiger partial charge in [-0.25, -0.2) is 0 Å². The number of aliphatic hydroxyl groups excluding tert-OH is 2. The maximum atomic E-state index is 11.0. The molecule has 0 aromatic carbocycles. The number of aliphatic hydroxyl groups is 2. The summed E-state index contributed by atoms with van der Waals surface area (Å²) in [5.41, 5.74) is 3.56. The molecule has 3 fully saturated rings. The third kappa shape index (κ3) is 3.37. The van der Waals surface area contributed by atoms with E-state index < -0.39 is 0 Å². The molecule has 2 N–H and O–H groups in total. The topological polar surface area (TPSA) is 40.5 Å². The van der Waals surface area contributed by atoms with Gasteiger partial charge in [-0.05, 0) is 92.8 Å². The van der Waals surface area contributed by atoms with E-state index in [9.17, 15) is 10.2 Å². The standard InChI is InChI=1S/C27H44O2/c1-17(2)24(28)14-9-18(3)21-12-13-22-20-11-10-19-7-6-8-25(29)27(19,5)23(20)15-16-26(21,22)4/h10-11,17-18,21-25,28-29H,6-9,12-16H2,1-5H3/t18-,21-,22+,23+,24-,25+,26-,27+/m1/s1. The second kappa shape index (κ2) is 7.83. The third-order valence-corrected chi connectivity index (χ3v) is 10.1. The third-order valence-electron chi connectivity index (χ3n) is 10.1. The van der Waals surface area contributed by atoms with E-state index in [4.69, 9.17) is 0 Å². The maximum absolute atomic E-state index is 11.0. The van der Waals surface area contributed by atoms with E-state index in [1.165, 1.54) is 37.7 Å². The molecule has 0 bridgehead atoms. The molecule has 4 aliphatic rings. The molecule has 0 unspecified atom stereocenters. The Kier molecular flexibility index (Phi) is 5.84. The quantitative estimate of drug-likeness (QED) is 0.570. The summed E-state index contributed by atoms with van der Waals surface area (Å²) < 4.78 is 0. The van der Waals surface area contributed by atoms with Crippen LogP contribution in [0.1, 0.15) is 92.4 Å². The summed E-state index contributed by atoms with van der Waals surface area (Å²) in [5, 5.41) is 21.3. The molecule has 0 aliphatic heterocycles. The number of rotatable bonds is 5. The van der Waals surface area contributed by atoms with Crippen molar-refractivity contribution >= 4 is 0 Å². The summed E-state index contributed by atoms with van der Waals surface area (Å²) in [6, 6.07) is 0. The molecular formula is C27H44O2.